The summed E-state index contributed by atoms with van der Waals surface area (Å²) in [5, 5.41) is 6.25. The number of carbonyl (C=O) groups excluding carboxylic acids is 2. The molecule has 1 aromatic rings. The number of carbonyl (C=O) groups is 2. The molecule has 2 amide bonds. The second-order valence-electron chi connectivity index (χ2n) is 6.71. The average molecular weight is 303 g/mol. The van der Waals surface area contributed by atoms with E-state index in [0.29, 0.717) is 19.5 Å². The summed E-state index contributed by atoms with van der Waals surface area (Å²) in [7, 11) is 0. The lowest BCUT2D eigenvalue weighted by Gasteiger charge is -2.24. The zero-order valence-corrected chi connectivity index (χ0v) is 13.8. The molecule has 22 heavy (non-hydrogen) atoms. The summed E-state index contributed by atoms with van der Waals surface area (Å²) in [6, 6.07) is 7.25. The highest BCUT2D eigenvalue weighted by Crippen LogP contribution is 2.32. The van der Waals surface area contributed by atoms with Gasteiger partial charge in [-0.05, 0) is 32.4 Å². The van der Waals surface area contributed by atoms with Gasteiger partial charge in [-0.3, -0.25) is 14.5 Å². The third-order valence-electron chi connectivity index (χ3n) is 3.70. The smallest absolute Gasteiger partial charge is 0.243 e. The van der Waals surface area contributed by atoms with Gasteiger partial charge in [0.1, 0.15) is 6.04 Å². The molecule has 120 valence electrons. The molecule has 0 aliphatic carbocycles. The highest BCUT2D eigenvalue weighted by atomic mass is 16.2. The number of benzene rings is 1. The highest BCUT2D eigenvalue weighted by molar-refractivity contribution is 6.02. The van der Waals surface area contributed by atoms with Crippen LogP contribution in [0.15, 0.2) is 24.3 Å². The van der Waals surface area contributed by atoms with Crippen LogP contribution in [-0.4, -0.2) is 36.5 Å². The Labute approximate surface area is 132 Å². The van der Waals surface area contributed by atoms with Gasteiger partial charge in [-0.15, -0.1) is 0 Å². The number of anilines is 1. The van der Waals surface area contributed by atoms with Crippen LogP contribution in [0.3, 0.4) is 0 Å². The standard InChI is InChI=1S/C17H25N3O2/c1-12(21)20-14-8-6-5-7-13(14)11-15(20)16(22)18-9-10-19-17(2,3)4/h5-8,15,19H,9-11H2,1-4H3,(H,18,22)/t15-/m0/s1. The number of nitrogens with one attached hydrogen (secondary N) is 2. The Morgan fingerprint density at radius 1 is 1.23 bits per heavy atom. The van der Waals surface area contributed by atoms with Gasteiger partial charge in [-0.25, -0.2) is 0 Å². The summed E-state index contributed by atoms with van der Waals surface area (Å²) < 4.78 is 0. The molecule has 5 nitrogen and oxygen atoms in total. The molecule has 2 N–H and O–H groups in total. The lowest BCUT2D eigenvalue weighted by Crippen LogP contribution is -2.49. The van der Waals surface area contributed by atoms with Crippen molar-refractivity contribution < 1.29 is 9.59 Å². The topological polar surface area (TPSA) is 61.4 Å². The molecule has 1 aliphatic rings. The molecule has 1 atom stereocenters. The van der Waals surface area contributed by atoms with Gasteiger partial charge < -0.3 is 10.6 Å². The number of para-hydroxylation sites is 1. The van der Waals surface area contributed by atoms with E-state index in [1.54, 1.807) is 4.90 Å². The number of hydrogen-bond donors (Lipinski definition) is 2. The first-order valence-corrected chi connectivity index (χ1v) is 7.70. The summed E-state index contributed by atoms with van der Waals surface area (Å²) in [4.78, 5) is 25.9. The number of nitrogens with zero attached hydrogens (tertiary/aromatic N) is 1. The molecule has 0 spiro atoms. The lowest BCUT2D eigenvalue weighted by molar-refractivity contribution is -0.125. The van der Waals surface area contributed by atoms with Gasteiger partial charge in [0.25, 0.3) is 0 Å². The van der Waals surface area contributed by atoms with Crippen LogP contribution in [0.1, 0.15) is 33.3 Å². The maximum atomic E-state index is 12.4. The Hall–Kier alpha value is -1.88. The minimum absolute atomic E-state index is 0.0275. The van der Waals surface area contributed by atoms with Gasteiger partial charge in [0.15, 0.2) is 0 Å². The molecule has 0 saturated carbocycles. The van der Waals surface area contributed by atoms with Crippen LogP contribution in [0.25, 0.3) is 0 Å². The number of fused-ring (bicyclic) bond motifs is 1. The monoisotopic (exact) mass is 303 g/mol. The van der Waals surface area contributed by atoms with Gasteiger partial charge in [-0.2, -0.15) is 0 Å². The van der Waals surface area contributed by atoms with E-state index in [1.807, 2.05) is 24.3 Å². The van der Waals surface area contributed by atoms with E-state index < -0.39 is 6.04 Å². The second-order valence-corrected chi connectivity index (χ2v) is 6.71. The zero-order chi connectivity index (χ0) is 16.3. The average Bonchev–Trinajstić information content (AvgIpc) is 2.81. The van der Waals surface area contributed by atoms with E-state index >= 15 is 0 Å². The van der Waals surface area contributed by atoms with E-state index in [0.717, 1.165) is 11.3 Å². The van der Waals surface area contributed by atoms with Crippen molar-refractivity contribution in [1.29, 1.82) is 0 Å². The van der Waals surface area contributed by atoms with E-state index in [9.17, 15) is 9.59 Å². The maximum absolute atomic E-state index is 12.4. The third kappa shape index (κ3) is 3.85. The zero-order valence-electron chi connectivity index (χ0n) is 13.8. The molecule has 0 unspecified atom stereocenters. The van der Waals surface area contributed by atoms with Crippen LogP contribution in [0.5, 0.6) is 0 Å². The van der Waals surface area contributed by atoms with Crippen molar-refractivity contribution in [3.05, 3.63) is 29.8 Å². The van der Waals surface area contributed by atoms with Crippen LogP contribution in [0.4, 0.5) is 5.69 Å². The first kappa shape index (κ1) is 16.5. The minimum Gasteiger partial charge on any atom is -0.353 e. The van der Waals surface area contributed by atoms with E-state index in [1.165, 1.54) is 6.92 Å². The Bertz CT molecular complexity index is 563. The van der Waals surface area contributed by atoms with E-state index in [2.05, 4.69) is 31.4 Å². The molecule has 2 rings (SSSR count). The van der Waals surface area contributed by atoms with E-state index in [-0.39, 0.29) is 17.4 Å². The Kier molecular flexibility index (Phi) is 4.86. The molecule has 0 saturated heterocycles. The number of amides is 2. The summed E-state index contributed by atoms with van der Waals surface area (Å²) in [5.41, 5.74) is 1.92. The predicted octanol–water partition coefficient (Wildman–Crippen LogP) is 1.47. The van der Waals surface area contributed by atoms with Gasteiger partial charge in [0, 0.05) is 37.7 Å². The molecule has 0 fully saturated rings. The normalized spacial score (nSPS) is 17.3. The fourth-order valence-corrected chi connectivity index (χ4v) is 2.73. The van der Waals surface area contributed by atoms with Crippen molar-refractivity contribution in [3.8, 4) is 0 Å². The van der Waals surface area contributed by atoms with Crippen molar-refractivity contribution >= 4 is 17.5 Å². The van der Waals surface area contributed by atoms with Crippen LogP contribution < -0.4 is 15.5 Å². The van der Waals surface area contributed by atoms with Gasteiger partial charge in [0.2, 0.25) is 11.8 Å². The Morgan fingerprint density at radius 3 is 2.55 bits per heavy atom. The quantitative estimate of drug-likeness (QED) is 0.828. The van der Waals surface area contributed by atoms with Crippen molar-refractivity contribution in [2.75, 3.05) is 18.0 Å². The Balaban J connectivity index is 1.97. The first-order chi connectivity index (χ1) is 10.3. The van der Waals surface area contributed by atoms with E-state index in [4.69, 9.17) is 0 Å². The summed E-state index contributed by atoms with van der Waals surface area (Å²) in [5.74, 6) is -0.194. The van der Waals surface area contributed by atoms with Crippen LogP contribution in [0.2, 0.25) is 0 Å². The number of rotatable bonds is 4. The molecular formula is C17H25N3O2. The van der Waals surface area contributed by atoms with Gasteiger partial charge in [0.05, 0.1) is 0 Å². The molecule has 0 radical (unpaired) electrons. The number of hydrogen-bond acceptors (Lipinski definition) is 3. The summed E-state index contributed by atoms with van der Waals surface area (Å²) in [6.45, 7) is 9.01. The minimum atomic E-state index is -0.440. The van der Waals surface area contributed by atoms with Crippen LogP contribution >= 0.6 is 0 Å². The third-order valence-corrected chi connectivity index (χ3v) is 3.70. The van der Waals surface area contributed by atoms with Crippen LogP contribution in [-0.2, 0) is 16.0 Å². The fraction of sp³-hybridized carbons (Fsp3) is 0.529. The van der Waals surface area contributed by atoms with Crippen molar-refractivity contribution in [3.63, 3.8) is 0 Å². The summed E-state index contributed by atoms with van der Waals surface area (Å²) >= 11 is 0. The fourth-order valence-electron chi connectivity index (χ4n) is 2.73. The van der Waals surface area contributed by atoms with Crippen molar-refractivity contribution in [1.82, 2.24) is 10.6 Å². The Morgan fingerprint density at radius 2 is 1.91 bits per heavy atom. The largest absolute Gasteiger partial charge is 0.353 e. The van der Waals surface area contributed by atoms with Crippen molar-refractivity contribution in [2.45, 2.75) is 45.7 Å². The molecule has 1 aromatic carbocycles. The highest BCUT2D eigenvalue weighted by Gasteiger charge is 2.36. The summed E-state index contributed by atoms with van der Waals surface area (Å²) in [6.07, 6.45) is 0.578. The van der Waals surface area contributed by atoms with Gasteiger partial charge >= 0.3 is 0 Å². The maximum Gasteiger partial charge on any atom is 0.243 e. The molecule has 1 heterocycles. The SMILES string of the molecule is CC(=O)N1c2ccccc2C[C@H]1C(=O)NCCNC(C)(C)C. The first-order valence-electron chi connectivity index (χ1n) is 7.70. The predicted molar refractivity (Wildman–Crippen MR) is 87.9 cm³/mol. The molecule has 1 aliphatic heterocycles. The van der Waals surface area contributed by atoms with Crippen molar-refractivity contribution in [2.24, 2.45) is 0 Å². The molecule has 0 bridgehead atoms. The lowest BCUT2D eigenvalue weighted by atomic mass is 10.1. The van der Waals surface area contributed by atoms with Crippen LogP contribution in [0, 0.1) is 0 Å². The molecular weight excluding hydrogens is 278 g/mol. The second kappa shape index (κ2) is 6.48. The van der Waals surface area contributed by atoms with Gasteiger partial charge in [-0.1, -0.05) is 18.2 Å². The molecule has 0 aromatic heterocycles. The molecule has 5 heteroatoms.